The van der Waals surface area contributed by atoms with Crippen LogP contribution >= 0.6 is 11.6 Å². The Morgan fingerprint density at radius 1 is 1.14 bits per heavy atom. The molecule has 1 aliphatic heterocycles. The summed E-state index contributed by atoms with van der Waals surface area (Å²) in [6.07, 6.45) is 1.69. The number of nitrogens with one attached hydrogen (secondary N) is 1. The van der Waals surface area contributed by atoms with Crippen molar-refractivity contribution >= 4 is 23.3 Å². The van der Waals surface area contributed by atoms with Gasteiger partial charge in [-0.15, -0.1) is 0 Å². The lowest BCUT2D eigenvalue weighted by Crippen LogP contribution is -2.49. The lowest BCUT2D eigenvalue weighted by molar-refractivity contribution is 0.137. The van der Waals surface area contributed by atoms with E-state index in [0.717, 1.165) is 31.1 Å². The number of hydrogen-bond donors (Lipinski definition) is 1. The van der Waals surface area contributed by atoms with Crippen molar-refractivity contribution in [1.82, 2.24) is 9.80 Å². The van der Waals surface area contributed by atoms with Crippen molar-refractivity contribution in [3.05, 3.63) is 53.4 Å². The summed E-state index contributed by atoms with van der Waals surface area (Å²) in [5.74, 6) is 0.957. The Kier molecular flexibility index (Phi) is 4.65. The van der Waals surface area contributed by atoms with Gasteiger partial charge in [0.15, 0.2) is 0 Å². The van der Waals surface area contributed by atoms with Crippen LogP contribution in [0, 0.1) is 0 Å². The number of piperazine rings is 1. The van der Waals surface area contributed by atoms with Gasteiger partial charge in [0.25, 0.3) is 0 Å². The normalized spacial score (nSPS) is 15.8. The molecule has 22 heavy (non-hydrogen) atoms. The first-order valence-corrected chi connectivity index (χ1v) is 7.65. The number of anilines is 1. The van der Waals surface area contributed by atoms with Gasteiger partial charge in [-0.2, -0.15) is 0 Å². The maximum absolute atomic E-state index is 12.2. The van der Waals surface area contributed by atoms with E-state index in [9.17, 15) is 4.79 Å². The van der Waals surface area contributed by atoms with Gasteiger partial charge in [0.05, 0.1) is 12.8 Å². The van der Waals surface area contributed by atoms with Crippen LogP contribution in [0.1, 0.15) is 5.76 Å². The number of rotatable bonds is 3. The summed E-state index contributed by atoms with van der Waals surface area (Å²) < 4.78 is 5.35. The standard InChI is InChI=1S/C16H18ClN3O2/c17-13-3-5-14(6-4-13)18-16(21)20-9-7-19(8-10-20)12-15-2-1-11-22-15/h1-6,11H,7-10,12H2,(H,18,21). The van der Waals surface area contributed by atoms with E-state index < -0.39 is 0 Å². The average molecular weight is 320 g/mol. The molecule has 116 valence electrons. The molecule has 0 radical (unpaired) electrons. The summed E-state index contributed by atoms with van der Waals surface area (Å²) in [5.41, 5.74) is 0.757. The zero-order chi connectivity index (χ0) is 15.4. The van der Waals surface area contributed by atoms with E-state index in [0.29, 0.717) is 18.1 Å². The highest BCUT2D eigenvalue weighted by Crippen LogP contribution is 2.15. The average Bonchev–Trinajstić information content (AvgIpc) is 3.03. The zero-order valence-corrected chi connectivity index (χ0v) is 12.9. The van der Waals surface area contributed by atoms with Gasteiger partial charge >= 0.3 is 6.03 Å². The summed E-state index contributed by atoms with van der Waals surface area (Å²) in [6, 6.07) is 10.9. The molecule has 1 N–H and O–H groups in total. The smallest absolute Gasteiger partial charge is 0.321 e. The monoisotopic (exact) mass is 319 g/mol. The lowest BCUT2D eigenvalue weighted by Gasteiger charge is -2.34. The van der Waals surface area contributed by atoms with Crippen molar-refractivity contribution in [2.24, 2.45) is 0 Å². The summed E-state index contributed by atoms with van der Waals surface area (Å²) >= 11 is 5.83. The van der Waals surface area contributed by atoms with E-state index in [2.05, 4.69) is 10.2 Å². The second-order valence-corrected chi connectivity index (χ2v) is 5.72. The van der Waals surface area contributed by atoms with Crippen LogP contribution in [0.25, 0.3) is 0 Å². The van der Waals surface area contributed by atoms with Gasteiger partial charge in [0.2, 0.25) is 0 Å². The molecule has 0 spiro atoms. The van der Waals surface area contributed by atoms with Crippen molar-refractivity contribution in [2.75, 3.05) is 31.5 Å². The second-order valence-electron chi connectivity index (χ2n) is 5.28. The van der Waals surface area contributed by atoms with E-state index in [1.807, 2.05) is 17.0 Å². The highest BCUT2D eigenvalue weighted by molar-refractivity contribution is 6.30. The zero-order valence-electron chi connectivity index (χ0n) is 12.2. The summed E-state index contributed by atoms with van der Waals surface area (Å²) in [6.45, 7) is 3.89. The highest BCUT2D eigenvalue weighted by atomic mass is 35.5. The predicted molar refractivity (Wildman–Crippen MR) is 86.0 cm³/mol. The van der Waals surface area contributed by atoms with Crippen LogP contribution in [0.5, 0.6) is 0 Å². The fraction of sp³-hybridized carbons (Fsp3) is 0.312. The third-order valence-corrected chi connectivity index (χ3v) is 3.97. The quantitative estimate of drug-likeness (QED) is 0.944. The Morgan fingerprint density at radius 2 is 1.86 bits per heavy atom. The largest absolute Gasteiger partial charge is 0.468 e. The Balaban J connectivity index is 1.48. The van der Waals surface area contributed by atoms with E-state index in [1.54, 1.807) is 30.5 Å². The van der Waals surface area contributed by atoms with Gasteiger partial charge in [-0.05, 0) is 36.4 Å². The number of hydrogen-bond acceptors (Lipinski definition) is 3. The number of benzene rings is 1. The Bertz CT molecular complexity index is 605. The molecule has 0 atom stereocenters. The molecule has 2 aromatic rings. The SMILES string of the molecule is O=C(Nc1ccc(Cl)cc1)N1CCN(Cc2ccco2)CC1. The first-order valence-electron chi connectivity index (χ1n) is 7.27. The van der Waals surface area contributed by atoms with Crippen molar-refractivity contribution in [3.8, 4) is 0 Å². The van der Waals surface area contributed by atoms with E-state index in [1.165, 1.54) is 0 Å². The topological polar surface area (TPSA) is 48.7 Å². The van der Waals surface area contributed by atoms with Gasteiger partial charge in [0.1, 0.15) is 5.76 Å². The first-order chi connectivity index (χ1) is 10.7. The van der Waals surface area contributed by atoms with E-state index in [-0.39, 0.29) is 6.03 Å². The van der Waals surface area contributed by atoms with Crippen LogP contribution in [0.3, 0.4) is 0 Å². The lowest BCUT2D eigenvalue weighted by atomic mass is 10.3. The molecule has 0 aliphatic carbocycles. The molecule has 6 heteroatoms. The number of carbonyl (C=O) groups excluding carboxylic acids is 1. The van der Waals surface area contributed by atoms with Crippen molar-refractivity contribution in [3.63, 3.8) is 0 Å². The fourth-order valence-electron chi connectivity index (χ4n) is 2.47. The van der Waals surface area contributed by atoms with Gasteiger partial charge in [-0.1, -0.05) is 11.6 Å². The maximum atomic E-state index is 12.2. The molecule has 0 saturated carbocycles. The van der Waals surface area contributed by atoms with Crippen LogP contribution in [0.2, 0.25) is 5.02 Å². The highest BCUT2D eigenvalue weighted by Gasteiger charge is 2.21. The minimum absolute atomic E-state index is 0.0695. The molecule has 2 heterocycles. The van der Waals surface area contributed by atoms with E-state index >= 15 is 0 Å². The van der Waals surface area contributed by atoms with Gasteiger partial charge < -0.3 is 14.6 Å². The number of halogens is 1. The molecule has 1 aromatic heterocycles. The van der Waals surface area contributed by atoms with Crippen LogP contribution in [-0.2, 0) is 6.54 Å². The number of amides is 2. The molecule has 2 amide bonds. The van der Waals surface area contributed by atoms with Crippen LogP contribution in [-0.4, -0.2) is 42.0 Å². The molecular weight excluding hydrogens is 302 g/mol. The number of nitrogens with zero attached hydrogens (tertiary/aromatic N) is 2. The van der Waals surface area contributed by atoms with Crippen LogP contribution in [0.15, 0.2) is 47.1 Å². The van der Waals surface area contributed by atoms with Gasteiger partial charge in [-0.25, -0.2) is 4.79 Å². The molecule has 1 aromatic carbocycles. The van der Waals surface area contributed by atoms with Gasteiger partial charge in [0, 0.05) is 36.9 Å². The molecular formula is C16H18ClN3O2. The molecule has 0 unspecified atom stereocenters. The van der Waals surface area contributed by atoms with Crippen molar-refractivity contribution < 1.29 is 9.21 Å². The fourth-order valence-corrected chi connectivity index (χ4v) is 2.59. The third kappa shape index (κ3) is 3.81. The molecule has 3 rings (SSSR count). The van der Waals surface area contributed by atoms with E-state index in [4.69, 9.17) is 16.0 Å². The Morgan fingerprint density at radius 3 is 2.50 bits per heavy atom. The number of urea groups is 1. The third-order valence-electron chi connectivity index (χ3n) is 3.71. The number of carbonyl (C=O) groups is 1. The summed E-state index contributed by atoms with van der Waals surface area (Å²) in [5, 5.41) is 3.55. The van der Waals surface area contributed by atoms with Crippen molar-refractivity contribution in [2.45, 2.75) is 6.54 Å². The van der Waals surface area contributed by atoms with Crippen LogP contribution in [0.4, 0.5) is 10.5 Å². The second kappa shape index (κ2) is 6.85. The molecule has 1 aliphatic rings. The molecule has 1 saturated heterocycles. The van der Waals surface area contributed by atoms with Crippen LogP contribution < -0.4 is 5.32 Å². The minimum Gasteiger partial charge on any atom is -0.468 e. The summed E-state index contributed by atoms with van der Waals surface area (Å²) in [7, 11) is 0. The van der Waals surface area contributed by atoms with Crippen molar-refractivity contribution in [1.29, 1.82) is 0 Å². The van der Waals surface area contributed by atoms with Gasteiger partial charge in [-0.3, -0.25) is 4.90 Å². The number of furan rings is 1. The Hall–Kier alpha value is -1.98. The Labute approximate surface area is 134 Å². The molecule has 1 fully saturated rings. The first kappa shape index (κ1) is 14.9. The summed E-state index contributed by atoms with van der Waals surface area (Å²) in [4.78, 5) is 16.3. The maximum Gasteiger partial charge on any atom is 0.321 e. The molecule has 5 nitrogen and oxygen atoms in total. The molecule has 0 bridgehead atoms. The minimum atomic E-state index is -0.0695. The predicted octanol–water partition coefficient (Wildman–Crippen LogP) is 3.28.